The summed E-state index contributed by atoms with van der Waals surface area (Å²) in [5.41, 5.74) is 7.59. The summed E-state index contributed by atoms with van der Waals surface area (Å²) < 4.78 is 3.60. The highest BCUT2D eigenvalue weighted by molar-refractivity contribution is 6.04. The van der Waals surface area contributed by atoms with Crippen molar-refractivity contribution < 1.29 is 4.79 Å². The van der Waals surface area contributed by atoms with E-state index in [4.69, 9.17) is 5.73 Å². The molecule has 3 N–H and O–H groups in total. The van der Waals surface area contributed by atoms with Gasteiger partial charge in [0.15, 0.2) is 0 Å². The predicted octanol–water partition coefficient (Wildman–Crippen LogP) is 1.57. The number of hydrogen-bond donors (Lipinski definition) is 2. The van der Waals surface area contributed by atoms with Crippen LogP contribution in [0.25, 0.3) is 0 Å². The molecular weight excluding hydrogens is 268 g/mol. The van der Waals surface area contributed by atoms with Gasteiger partial charge in [-0.15, -0.1) is 0 Å². The van der Waals surface area contributed by atoms with Crippen molar-refractivity contribution in [2.45, 2.75) is 39.8 Å². The van der Waals surface area contributed by atoms with E-state index in [0.717, 1.165) is 18.7 Å². The van der Waals surface area contributed by atoms with E-state index in [0.29, 0.717) is 17.8 Å². The van der Waals surface area contributed by atoms with Crippen LogP contribution in [0.5, 0.6) is 0 Å². The molecule has 0 radical (unpaired) electrons. The number of nitrogens with one attached hydrogen (secondary N) is 1. The Labute approximate surface area is 124 Å². The lowest BCUT2D eigenvalue weighted by Gasteiger charge is -2.05. The van der Waals surface area contributed by atoms with Gasteiger partial charge in [-0.2, -0.15) is 10.2 Å². The SMILES string of the molecule is Cc1c(C(=O)Nc2cnn(C(C)C)c2)cnn1CCCN. The third kappa shape index (κ3) is 3.49. The molecule has 0 unspecified atom stereocenters. The molecule has 2 aromatic heterocycles. The van der Waals surface area contributed by atoms with Gasteiger partial charge in [0.25, 0.3) is 5.91 Å². The maximum absolute atomic E-state index is 12.3. The highest BCUT2D eigenvalue weighted by Crippen LogP contribution is 2.13. The molecule has 0 aliphatic heterocycles. The van der Waals surface area contributed by atoms with Crippen LogP contribution in [0.1, 0.15) is 42.4 Å². The standard InChI is InChI=1S/C14H22N6O/c1-10(2)20-9-12(7-16-20)18-14(21)13-8-17-19(11(13)3)6-4-5-15/h7-10H,4-6,15H2,1-3H3,(H,18,21). The highest BCUT2D eigenvalue weighted by Gasteiger charge is 2.15. The topological polar surface area (TPSA) is 90.8 Å². The molecule has 1 amide bonds. The number of carbonyl (C=O) groups excluding carboxylic acids is 1. The minimum Gasteiger partial charge on any atom is -0.330 e. The molecule has 7 nitrogen and oxygen atoms in total. The fourth-order valence-corrected chi connectivity index (χ4v) is 2.02. The molecule has 0 atom stereocenters. The Morgan fingerprint density at radius 3 is 2.76 bits per heavy atom. The number of rotatable bonds is 6. The van der Waals surface area contributed by atoms with Crippen molar-refractivity contribution in [3.05, 3.63) is 29.8 Å². The normalized spacial score (nSPS) is 11.1. The number of amides is 1. The summed E-state index contributed by atoms with van der Waals surface area (Å²) in [5.74, 6) is -0.171. The molecule has 114 valence electrons. The fraction of sp³-hybridized carbons (Fsp3) is 0.500. The van der Waals surface area contributed by atoms with Crippen LogP contribution < -0.4 is 11.1 Å². The third-order valence-corrected chi connectivity index (χ3v) is 3.31. The Morgan fingerprint density at radius 2 is 2.14 bits per heavy atom. The van der Waals surface area contributed by atoms with Crippen LogP contribution in [0.2, 0.25) is 0 Å². The lowest BCUT2D eigenvalue weighted by atomic mass is 10.2. The number of nitrogens with two attached hydrogens (primary N) is 1. The molecule has 0 fully saturated rings. The van der Waals surface area contributed by atoms with Crippen LogP contribution in [0, 0.1) is 6.92 Å². The smallest absolute Gasteiger partial charge is 0.259 e. The maximum atomic E-state index is 12.3. The van der Waals surface area contributed by atoms with Crippen LogP contribution in [-0.4, -0.2) is 32.0 Å². The number of aromatic nitrogens is 4. The van der Waals surface area contributed by atoms with Gasteiger partial charge >= 0.3 is 0 Å². The van der Waals surface area contributed by atoms with Gasteiger partial charge < -0.3 is 11.1 Å². The number of aryl methyl sites for hydroxylation is 1. The molecule has 2 aromatic rings. The van der Waals surface area contributed by atoms with Crippen molar-refractivity contribution in [3.63, 3.8) is 0 Å². The minimum absolute atomic E-state index is 0.171. The van der Waals surface area contributed by atoms with Gasteiger partial charge in [0, 0.05) is 24.5 Å². The zero-order valence-electron chi connectivity index (χ0n) is 12.7. The summed E-state index contributed by atoms with van der Waals surface area (Å²) in [6.45, 7) is 7.28. The first-order chi connectivity index (χ1) is 10.0. The molecule has 0 aromatic carbocycles. The first kappa shape index (κ1) is 15.2. The van der Waals surface area contributed by atoms with Crippen molar-refractivity contribution in [1.82, 2.24) is 19.6 Å². The molecule has 2 rings (SSSR count). The Hall–Kier alpha value is -2.15. The molecule has 0 saturated heterocycles. The van der Waals surface area contributed by atoms with E-state index in [-0.39, 0.29) is 11.9 Å². The van der Waals surface area contributed by atoms with Crippen LogP contribution in [0.3, 0.4) is 0 Å². The second-order valence-corrected chi connectivity index (χ2v) is 5.27. The molecule has 0 aliphatic carbocycles. The van der Waals surface area contributed by atoms with Crippen molar-refractivity contribution >= 4 is 11.6 Å². The van der Waals surface area contributed by atoms with E-state index in [1.807, 2.05) is 27.0 Å². The van der Waals surface area contributed by atoms with E-state index in [2.05, 4.69) is 15.5 Å². The molecule has 0 spiro atoms. The van der Waals surface area contributed by atoms with E-state index in [1.54, 1.807) is 21.8 Å². The largest absolute Gasteiger partial charge is 0.330 e. The maximum Gasteiger partial charge on any atom is 0.259 e. The van der Waals surface area contributed by atoms with Gasteiger partial charge in [0.2, 0.25) is 0 Å². The van der Waals surface area contributed by atoms with E-state index < -0.39 is 0 Å². The lowest BCUT2D eigenvalue weighted by molar-refractivity contribution is 0.102. The van der Waals surface area contributed by atoms with Crippen molar-refractivity contribution in [2.75, 3.05) is 11.9 Å². The predicted molar refractivity (Wildman–Crippen MR) is 81.2 cm³/mol. The summed E-state index contributed by atoms with van der Waals surface area (Å²) in [6, 6.07) is 0.261. The number of anilines is 1. The zero-order chi connectivity index (χ0) is 15.4. The quantitative estimate of drug-likeness (QED) is 0.845. The van der Waals surface area contributed by atoms with Crippen LogP contribution in [-0.2, 0) is 6.54 Å². The first-order valence-electron chi connectivity index (χ1n) is 7.11. The molecule has 7 heteroatoms. The average molecular weight is 290 g/mol. The van der Waals surface area contributed by atoms with Crippen LogP contribution >= 0.6 is 0 Å². The molecule has 0 bridgehead atoms. The molecule has 0 saturated carbocycles. The summed E-state index contributed by atoms with van der Waals surface area (Å²) in [4.78, 5) is 12.3. The lowest BCUT2D eigenvalue weighted by Crippen LogP contribution is -2.13. The Balaban J connectivity index is 2.07. The fourth-order valence-electron chi connectivity index (χ4n) is 2.02. The summed E-state index contributed by atoms with van der Waals surface area (Å²) in [6.07, 6.45) is 5.89. The number of nitrogens with zero attached hydrogens (tertiary/aromatic N) is 4. The average Bonchev–Trinajstić information content (AvgIpc) is 3.03. The number of hydrogen-bond acceptors (Lipinski definition) is 4. The van der Waals surface area contributed by atoms with Gasteiger partial charge in [-0.25, -0.2) is 0 Å². The first-order valence-corrected chi connectivity index (χ1v) is 7.11. The minimum atomic E-state index is -0.171. The van der Waals surface area contributed by atoms with Gasteiger partial charge in [0.05, 0.1) is 23.6 Å². The van der Waals surface area contributed by atoms with E-state index >= 15 is 0 Å². The Bertz CT molecular complexity index is 613. The second kappa shape index (κ2) is 6.53. The van der Waals surface area contributed by atoms with Crippen LogP contribution in [0.4, 0.5) is 5.69 Å². The third-order valence-electron chi connectivity index (χ3n) is 3.31. The molecule has 21 heavy (non-hydrogen) atoms. The van der Waals surface area contributed by atoms with Crippen molar-refractivity contribution in [3.8, 4) is 0 Å². The Morgan fingerprint density at radius 1 is 1.38 bits per heavy atom. The van der Waals surface area contributed by atoms with Crippen molar-refractivity contribution in [2.24, 2.45) is 5.73 Å². The zero-order valence-corrected chi connectivity index (χ0v) is 12.7. The highest BCUT2D eigenvalue weighted by atomic mass is 16.1. The summed E-state index contributed by atoms with van der Waals surface area (Å²) >= 11 is 0. The van der Waals surface area contributed by atoms with Gasteiger partial charge in [-0.1, -0.05) is 0 Å². The van der Waals surface area contributed by atoms with Gasteiger partial charge in [-0.05, 0) is 33.7 Å². The van der Waals surface area contributed by atoms with Gasteiger partial charge in [-0.3, -0.25) is 14.2 Å². The Kier molecular flexibility index (Phi) is 4.74. The van der Waals surface area contributed by atoms with E-state index in [1.165, 1.54) is 0 Å². The summed E-state index contributed by atoms with van der Waals surface area (Å²) in [5, 5.41) is 11.3. The molecule has 0 aliphatic rings. The second-order valence-electron chi connectivity index (χ2n) is 5.27. The number of carbonyl (C=O) groups is 1. The van der Waals surface area contributed by atoms with Crippen molar-refractivity contribution in [1.29, 1.82) is 0 Å². The van der Waals surface area contributed by atoms with Crippen LogP contribution in [0.15, 0.2) is 18.6 Å². The molecular formula is C14H22N6O. The van der Waals surface area contributed by atoms with Gasteiger partial charge in [0.1, 0.15) is 0 Å². The summed E-state index contributed by atoms with van der Waals surface area (Å²) in [7, 11) is 0. The molecule has 2 heterocycles. The van der Waals surface area contributed by atoms with E-state index in [9.17, 15) is 4.79 Å². The monoisotopic (exact) mass is 290 g/mol.